The fraction of sp³-hybridized carbons (Fsp3) is 0.143. The third-order valence-corrected chi connectivity index (χ3v) is 4.14. The minimum atomic E-state index is -0.466. The van der Waals surface area contributed by atoms with Crippen LogP contribution in [0.3, 0.4) is 0 Å². The lowest BCUT2D eigenvalue weighted by Crippen LogP contribution is -2.15. The van der Waals surface area contributed by atoms with Crippen LogP contribution in [0, 0.1) is 0 Å². The number of anilines is 3. The predicted molar refractivity (Wildman–Crippen MR) is 107 cm³/mol. The summed E-state index contributed by atoms with van der Waals surface area (Å²) in [6.07, 6.45) is 2.10. The van der Waals surface area contributed by atoms with Crippen molar-refractivity contribution in [2.24, 2.45) is 0 Å². The number of hydrogen-bond acceptors (Lipinski definition) is 6. The number of amides is 1. The fourth-order valence-electron chi connectivity index (χ4n) is 2.70. The van der Waals surface area contributed by atoms with Crippen molar-refractivity contribution in [3.05, 3.63) is 77.7 Å². The average Bonchev–Trinajstić information content (AvgIpc) is 2.74. The SMILES string of the molecule is CCc1ccccc1NC(=O)c1cc(Nc2ccccc2C(=O)OC)ncn1. The monoisotopic (exact) mass is 376 g/mol. The second kappa shape index (κ2) is 8.77. The maximum Gasteiger partial charge on any atom is 0.339 e. The third kappa shape index (κ3) is 4.32. The van der Waals surface area contributed by atoms with Crippen molar-refractivity contribution >= 4 is 29.1 Å². The van der Waals surface area contributed by atoms with Crippen LogP contribution in [0.5, 0.6) is 0 Å². The van der Waals surface area contributed by atoms with Crippen LogP contribution >= 0.6 is 0 Å². The first-order valence-corrected chi connectivity index (χ1v) is 8.78. The van der Waals surface area contributed by atoms with Crippen LogP contribution in [0.25, 0.3) is 0 Å². The maximum absolute atomic E-state index is 12.6. The van der Waals surface area contributed by atoms with Crippen LogP contribution in [0.1, 0.15) is 33.3 Å². The van der Waals surface area contributed by atoms with E-state index in [1.807, 2.05) is 31.2 Å². The number of benzene rings is 2. The summed E-state index contributed by atoms with van der Waals surface area (Å²) in [6, 6.07) is 16.0. The molecule has 1 amide bonds. The Balaban J connectivity index is 1.81. The molecule has 0 spiro atoms. The first-order valence-electron chi connectivity index (χ1n) is 8.78. The number of para-hydroxylation sites is 2. The van der Waals surface area contributed by atoms with Crippen LogP contribution in [-0.4, -0.2) is 29.0 Å². The highest BCUT2D eigenvalue weighted by Gasteiger charge is 2.14. The lowest BCUT2D eigenvalue weighted by molar-refractivity contribution is 0.0601. The molecule has 2 N–H and O–H groups in total. The molecule has 0 saturated heterocycles. The van der Waals surface area contributed by atoms with E-state index in [-0.39, 0.29) is 11.6 Å². The molecule has 142 valence electrons. The van der Waals surface area contributed by atoms with Gasteiger partial charge in [0.2, 0.25) is 0 Å². The van der Waals surface area contributed by atoms with E-state index in [0.29, 0.717) is 17.1 Å². The molecule has 7 nitrogen and oxygen atoms in total. The molecule has 0 unspecified atom stereocenters. The highest BCUT2D eigenvalue weighted by Crippen LogP contribution is 2.21. The molecular formula is C21H20N4O3. The summed E-state index contributed by atoms with van der Waals surface area (Å²) in [4.78, 5) is 32.7. The largest absolute Gasteiger partial charge is 0.465 e. The zero-order valence-corrected chi connectivity index (χ0v) is 15.6. The van der Waals surface area contributed by atoms with Crippen molar-refractivity contribution in [1.82, 2.24) is 9.97 Å². The molecule has 0 aliphatic heterocycles. The molecule has 0 radical (unpaired) electrons. The molecule has 0 bridgehead atoms. The Morgan fingerprint density at radius 3 is 2.46 bits per heavy atom. The summed E-state index contributed by atoms with van der Waals surface area (Å²) in [5, 5.41) is 5.91. The van der Waals surface area contributed by atoms with E-state index in [1.54, 1.807) is 24.3 Å². The van der Waals surface area contributed by atoms with Gasteiger partial charge in [0, 0.05) is 11.8 Å². The number of nitrogens with one attached hydrogen (secondary N) is 2. The lowest BCUT2D eigenvalue weighted by atomic mass is 10.1. The zero-order valence-electron chi connectivity index (χ0n) is 15.6. The van der Waals surface area contributed by atoms with Gasteiger partial charge in [0.1, 0.15) is 17.8 Å². The number of carbonyl (C=O) groups is 2. The van der Waals surface area contributed by atoms with E-state index in [4.69, 9.17) is 4.74 Å². The minimum absolute atomic E-state index is 0.207. The van der Waals surface area contributed by atoms with Crippen molar-refractivity contribution in [1.29, 1.82) is 0 Å². The van der Waals surface area contributed by atoms with Gasteiger partial charge in [-0.1, -0.05) is 37.3 Å². The number of esters is 1. The average molecular weight is 376 g/mol. The van der Waals surface area contributed by atoms with Crippen LogP contribution in [0.15, 0.2) is 60.9 Å². The first-order chi connectivity index (χ1) is 13.6. The number of methoxy groups -OCH3 is 1. The molecule has 1 heterocycles. The van der Waals surface area contributed by atoms with Crippen molar-refractivity contribution in [2.45, 2.75) is 13.3 Å². The number of ether oxygens (including phenoxy) is 1. The fourth-order valence-corrected chi connectivity index (χ4v) is 2.70. The molecule has 28 heavy (non-hydrogen) atoms. The van der Waals surface area contributed by atoms with Gasteiger partial charge < -0.3 is 15.4 Å². The van der Waals surface area contributed by atoms with E-state index >= 15 is 0 Å². The van der Waals surface area contributed by atoms with Crippen molar-refractivity contribution in [3.8, 4) is 0 Å². The standard InChI is InChI=1S/C21H20N4O3/c1-3-14-8-4-6-10-16(14)25-20(26)18-12-19(23-13-22-18)24-17-11-7-5-9-15(17)21(27)28-2/h4-13H,3H2,1-2H3,(H,25,26)(H,22,23,24). The Morgan fingerprint density at radius 1 is 1.00 bits per heavy atom. The van der Waals surface area contributed by atoms with Gasteiger partial charge in [0.05, 0.1) is 18.4 Å². The summed E-state index contributed by atoms with van der Waals surface area (Å²) < 4.78 is 4.79. The molecule has 0 atom stereocenters. The van der Waals surface area contributed by atoms with E-state index in [9.17, 15) is 9.59 Å². The lowest BCUT2D eigenvalue weighted by Gasteiger charge is -2.11. The zero-order chi connectivity index (χ0) is 19.9. The summed E-state index contributed by atoms with van der Waals surface area (Å²) in [7, 11) is 1.32. The van der Waals surface area contributed by atoms with Gasteiger partial charge in [0.15, 0.2) is 0 Å². The van der Waals surface area contributed by atoms with Gasteiger partial charge in [-0.05, 0) is 30.2 Å². The smallest absolute Gasteiger partial charge is 0.339 e. The molecule has 0 fully saturated rings. The summed E-state index contributed by atoms with van der Waals surface area (Å²) >= 11 is 0. The van der Waals surface area contributed by atoms with Crippen molar-refractivity contribution in [3.63, 3.8) is 0 Å². The van der Waals surface area contributed by atoms with E-state index in [2.05, 4.69) is 20.6 Å². The van der Waals surface area contributed by atoms with Gasteiger partial charge >= 0.3 is 5.97 Å². The second-order valence-electron chi connectivity index (χ2n) is 5.92. The van der Waals surface area contributed by atoms with Crippen molar-refractivity contribution < 1.29 is 14.3 Å². The number of carbonyl (C=O) groups excluding carboxylic acids is 2. The van der Waals surface area contributed by atoms with Gasteiger partial charge in [-0.25, -0.2) is 14.8 Å². The normalized spacial score (nSPS) is 10.2. The highest BCUT2D eigenvalue weighted by molar-refractivity contribution is 6.03. The van der Waals surface area contributed by atoms with Crippen molar-refractivity contribution in [2.75, 3.05) is 17.7 Å². The molecular weight excluding hydrogens is 356 g/mol. The predicted octanol–water partition coefficient (Wildman–Crippen LogP) is 3.82. The van der Waals surface area contributed by atoms with Gasteiger partial charge in [-0.15, -0.1) is 0 Å². The number of hydrogen-bond donors (Lipinski definition) is 2. The Bertz CT molecular complexity index is 1000. The molecule has 7 heteroatoms. The quantitative estimate of drug-likeness (QED) is 0.635. The van der Waals surface area contributed by atoms with Crippen LogP contribution < -0.4 is 10.6 Å². The maximum atomic E-state index is 12.6. The Morgan fingerprint density at radius 2 is 1.71 bits per heavy atom. The van der Waals surface area contributed by atoms with Crippen LogP contribution in [-0.2, 0) is 11.2 Å². The van der Waals surface area contributed by atoms with Gasteiger partial charge in [0.25, 0.3) is 5.91 Å². The summed E-state index contributed by atoms with van der Waals surface area (Å²) in [5.41, 5.74) is 2.88. The highest BCUT2D eigenvalue weighted by atomic mass is 16.5. The Kier molecular flexibility index (Phi) is 5.96. The number of aryl methyl sites for hydroxylation is 1. The summed E-state index contributed by atoms with van der Waals surface area (Å²) in [5.74, 6) is -0.417. The molecule has 1 aromatic heterocycles. The number of rotatable bonds is 6. The topological polar surface area (TPSA) is 93.2 Å². The molecule has 0 saturated carbocycles. The van der Waals surface area contributed by atoms with E-state index in [0.717, 1.165) is 17.7 Å². The Labute approximate surface area is 162 Å². The van der Waals surface area contributed by atoms with E-state index in [1.165, 1.54) is 19.5 Å². The second-order valence-corrected chi connectivity index (χ2v) is 5.92. The van der Waals surface area contributed by atoms with E-state index < -0.39 is 5.97 Å². The first kappa shape index (κ1) is 19.0. The molecule has 0 aliphatic rings. The minimum Gasteiger partial charge on any atom is -0.465 e. The number of nitrogens with zero attached hydrogens (tertiary/aromatic N) is 2. The van der Waals surface area contributed by atoms with Crippen LogP contribution in [0.2, 0.25) is 0 Å². The summed E-state index contributed by atoms with van der Waals surface area (Å²) in [6.45, 7) is 2.02. The Hall–Kier alpha value is -3.74. The molecule has 0 aliphatic carbocycles. The molecule has 3 rings (SSSR count). The molecule has 2 aromatic carbocycles. The third-order valence-electron chi connectivity index (χ3n) is 4.14. The molecule has 3 aromatic rings. The van der Waals surface area contributed by atoms with Crippen LogP contribution in [0.4, 0.5) is 17.2 Å². The van der Waals surface area contributed by atoms with Gasteiger partial charge in [-0.3, -0.25) is 4.79 Å². The number of aromatic nitrogens is 2. The van der Waals surface area contributed by atoms with Gasteiger partial charge in [-0.2, -0.15) is 0 Å².